The van der Waals surface area contributed by atoms with Gasteiger partial charge in [0.15, 0.2) is 5.78 Å². The molecule has 19 heavy (non-hydrogen) atoms. The highest BCUT2D eigenvalue weighted by Crippen LogP contribution is 2.21. The number of carbonyl (C=O) groups is 1. The Morgan fingerprint density at radius 2 is 1.95 bits per heavy atom. The molecule has 0 aliphatic carbocycles. The van der Waals surface area contributed by atoms with Gasteiger partial charge in [0, 0.05) is 18.3 Å². The normalized spacial score (nSPS) is 10.4. The summed E-state index contributed by atoms with van der Waals surface area (Å²) in [5.41, 5.74) is 7.72. The summed E-state index contributed by atoms with van der Waals surface area (Å²) in [5.74, 6) is -0.0495. The Morgan fingerprint density at radius 1 is 1.21 bits per heavy atom. The monoisotopic (exact) mass is 274 g/mol. The van der Waals surface area contributed by atoms with E-state index in [9.17, 15) is 4.79 Å². The van der Waals surface area contributed by atoms with Crippen molar-refractivity contribution in [3.63, 3.8) is 0 Å². The first-order chi connectivity index (χ1) is 9.18. The molecule has 3 nitrogen and oxygen atoms in total. The largest absolute Gasteiger partial charge is 0.398 e. The Morgan fingerprint density at radius 3 is 2.63 bits per heavy atom. The maximum Gasteiger partial charge on any atom is 0.168 e. The van der Waals surface area contributed by atoms with Crippen LogP contribution in [0.2, 0.25) is 5.15 Å². The summed E-state index contributed by atoms with van der Waals surface area (Å²) in [7, 11) is 0. The molecule has 0 saturated heterocycles. The molecule has 0 atom stereocenters. The first kappa shape index (κ1) is 13.6. The van der Waals surface area contributed by atoms with Crippen LogP contribution in [0.1, 0.15) is 28.8 Å². The highest BCUT2D eigenvalue weighted by molar-refractivity contribution is 6.33. The second-order valence-corrected chi connectivity index (χ2v) is 4.69. The zero-order valence-electron chi connectivity index (χ0n) is 10.5. The number of rotatable bonds is 5. The second-order valence-electron chi connectivity index (χ2n) is 4.33. The van der Waals surface area contributed by atoms with Crippen LogP contribution in [0.4, 0.5) is 5.69 Å². The molecule has 2 rings (SSSR count). The van der Waals surface area contributed by atoms with Crippen LogP contribution in [0.3, 0.4) is 0 Å². The fourth-order valence-electron chi connectivity index (χ4n) is 1.95. The standard InChI is InChI=1S/C15H15ClN2O/c16-15-14(12(17)9-10-18-15)13(19)8-4-7-11-5-2-1-3-6-11/h1-3,5-6,9-10H,4,7-8H2,(H2,17,18). The highest BCUT2D eigenvalue weighted by atomic mass is 35.5. The lowest BCUT2D eigenvalue weighted by Crippen LogP contribution is -2.06. The van der Waals surface area contributed by atoms with Gasteiger partial charge in [-0.2, -0.15) is 0 Å². The van der Waals surface area contributed by atoms with E-state index >= 15 is 0 Å². The van der Waals surface area contributed by atoms with Crippen molar-refractivity contribution in [3.8, 4) is 0 Å². The first-order valence-electron chi connectivity index (χ1n) is 6.15. The number of carbonyl (C=O) groups excluding carboxylic acids is 1. The fraction of sp³-hybridized carbons (Fsp3) is 0.200. The van der Waals surface area contributed by atoms with E-state index in [1.807, 2.05) is 18.2 Å². The lowest BCUT2D eigenvalue weighted by Gasteiger charge is -2.06. The van der Waals surface area contributed by atoms with Crippen molar-refractivity contribution in [2.45, 2.75) is 19.3 Å². The molecule has 2 aromatic rings. The minimum atomic E-state index is -0.0495. The van der Waals surface area contributed by atoms with Gasteiger partial charge in [-0.3, -0.25) is 4.79 Å². The summed E-state index contributed by atoms with van der Waals surface area (Å²) in [6.07, 6.45) is 3.56. The van der Waals surface area contributed by atoms with Gasteiger partial charge < -0.3 is 5.73 Å². The summed E-state index contributed by atoms with van der Waals surface area (Å²) in [6.45, 7) is 0. The van der Waals surface area contributed by atoms with E-state index in [0.717, 1.165) is 12.8 Å². The summed E-state index contributed by atoms with van der Waals surface area (Å²) in [4.78, 5) is 16.0. The Bertz CT molecular complexity index is 549. The predicted octanol–water partition coefficient (Wildman–Crippen LogP) is 3.52. The van der Waals surface area contributed by atoms with Crippen LogP contribution in [-0.4, -0.2) is 10.8 Å². The number of nitrogens with two attached hydrogens (primary N) is 1. The maximum atomic E-state index is 12.1. The SMILES string of the molecule is Nc1ccnc(Cl)c1C(=O)CCCc1ccccc1. The Balaban J connectivity index is 1.95. The minimum Gasteiger partial charge on any atom is -0.398 e. The first-order valence-corrected chi connectivity index (χ1v) is 6.53. The lowest BCUT2D eigenvalue weighted by molar-refractivity contribution is 0.0981. The quantitative estimate of drug-likeness (QED) is 0.670. The number of aryl methyl sites for hydroxylation is 1. The third-order valence-electron chi connectivity index (χ3n) is 2.93. The second kappa shape index (κ2) is 6.34. The molecular weight excluding hydrogens is 260 g/mol. The molecule has 0 fully saturated rings. The molecule has 0 unspecified atom stereocenters. The number of halogens is 1. The smallest absolute Gasteiger partial charge is 0.168 e. The van der Waals surface area contributed by atoms with Gasteiger partial charge in [0.1, 0.15) is 5.15 Å². The zero-order chi connectivity index (χ0) is 13.7. The van der Waals surface area contributed by atoms with E-state index in [-0.39, 0.29) is 10.9 Å². The number of nitrogen functional groups attached to an aromatic ring is 1. The molecule has 0 aliphatic rings. The van der Waals surface area contributed by atoms with Crippen LogP contribution < -0.4 is 5.73 Å². The molecule has 1 aromatic heterocycles. The van der Waals surface area contributed by atoms with Crippen molar-refractivity contribution < 1.29 is 4.79 Å². The van der Waals surface area contributed by atoms with Crippen LogP contribution in [0, 0.1) is 0 Å². The summed E-state index contributed by atoms with van der Waals surface area (Å²) < 4.78 is 0. The van der Waals surface area contributed by atoms with Gasteiger partial charge in [-0.25, -0.2) is 4.98 Å². The van der Waals surface area contributed by atoms with Crippen LogP contribution in [-0.2, 0) is 6.42 Å². The number of anilines is 1. The number of hydrogen-bond acceptors (Lipinski definition) is 3. The molecule has 0 spiro atoms. The van der Waals surface area contributed by atoms with E-state index in [1.165, 1.54) is 11.8 Å². The molecule has 0 aliphatic heterocycles. The van der Waals surface area contributed by atoms with E-state index in [2.05, 4.69) is 17.1 Å². The number of Topliss-reactive ketones (excluding diaryl/α,β-unsaturated/α-hetero) is 1. The van der Waals surface area contributed by atoms with E-state index in [0.29, 0.717) is 17.7 Å². The topological polar surface area (TPSA) is 56.0 Å². The number of pyridine rings is 1. The van der Waals surface area contributed by atoms with Gasteiger partial charge in [0.05, 0.1) is 5.56 Å². The lowest BCUT2D eigenvalue weighted by atomic mass is 10.0. The number of ketones is 1. The molecule has 1 aromatic carbocycles. The van der Waals surface area contributed by atoms with Gasteiger partial charge in [-0.15, -0.1) is 0 Å². The van der Waals surface area contributed by atoms with Crippen LogP contribution in [0.15, 0.2) is 42.6 Å². The van der Waals surface area contributed by atoms with Gasteiger partial charge >= 0.3 is 0 Å². The molecule has 0 radical (unpaired) electrons. The number of benzene rings is 1. The number of nitrogens with zero attached hydrogens (tertiary/aromatic N) is 1. The molecule has 2 N–H and O–H groups in total. The van der Waals surface area contributed by atoms with Crippen molar-refractivity contribution in [1.82, 2.24) is 4.98 Å². The molecule has 0 saturated carbocycles. The van der Waals surface area contributed by atoms with Crippen LogP contribution in [0.25, 0.3) is 0 Å². The fourth-order valence-corrected chi connectivity index (χ4v) is 2.22. The van der Waals surface area contributed by atoms with E-state index in [4.69, 9.17) is 17.3 Å². The van der Waals surface area contributed by atoms with Crippen molar-refractivity contribution in [1.29, 1.82) is 0 Å². The van der Waals surface area contributed by atoms with Crippen molar-refractivity contribution in [2.75, 3.05) is 5.73 Å². The van der Waals surface area contributed by atoms with Crippen molar-refractivity contribution >= 4 is 23.1 Å². The Kier molecular flexibility index (Phi) is 4.53. The van der Waals surface area contributed by atoms with Gasteiger partial charge in [-0.05, 0) is 24.5 Å². The molecule has 98 valence electrons. The maximum absolute atomic E-state index is 12.1. The Labute approximate surface area is 117 Å². The third-order valence-corrected chi connectivity index (χ3v) is 3.21. The highest BCUT2D eigenvalue weighted by Gasteiger charge is 2.14. The molecular formula is C15H15ClN2O. The van der Waals surface area contributed by atoms with Crippen molar-refractivity contribution in [3.05, 3.63) is 58.9 Å². The Hall–Kier alpha value is -1.87. The van der Waals surface area contributed by atoms with E-state index < -0.39 is 0 Å². The van der Waals surface area contributed by atoms with Gasteiger partial charge in [-0.1, -0.05) is 41.9 Å². The zero-order valence-corrected chi connectivity index (χ0v) is 11.2. The minimum absolute atomic E-state index is 0.0495. The summed E-state index contributed by atoms with van der Waals surface area (Å²) in [6, 6.07) is 11.7. The molecule has 0 bridgehead atoms. The molecule has 4 heteroatoms. The average Bonchev–Trinajstić information content (AvgIpc) is 2.40. The van der Waals surface area contributed by atoms with Gasteiger partial charge in [0.2, 0.25) is 0 Å². The van der Waals surface area contributed by atoms with Crippen molar-refractivity contribution in [2.24, 2.45) is 0 Å². The summed E-state index contributed by atoms with van der Waals surface area (Å²) >= 11 is 5.91. The van der Waals surface area contributed by atoms with Crippen LogP contribution >= 0.6 is 11.6 Å². The summed E-state index contributed by atoms with van der Waals surface area (Å²) in [5, 5.41) is 0.185. The predicted molar refractivity (Wildman–Crippen MR) is 77.4 cm³/mol. The third kappa shape index (κ3) is 3.55. The number of hydrogen-bond donors (Lipinski definition) is 1. The van der Waals surface area contributed by atoms with E-state index in [1.54, 1.807) is 6.07 Å². The van der Waals surface area contributed by atoms with Crippen LogP contribution in [0.5, 0.6) is 0 Å². The molecule has 1 heterocycles. The number of aromatic nitrogens is 1. The average molecular weight is 275 g/mol. The molecule has 0 amide bonds. The van der Waals surface area contributed by atoms with Gasteiger partial charge in [0.25, 0.3) is 0 Å².